The number of aryl methyl sites for hydroxylation is 1. The van der Waals surface area contributed by atoms with E-state index in [2.05, 4.69) is 15.0 Å². The van der Waals surface area contributed by atoms with Crippen molar-refractivity contribution in [2.45, 2.75) is 39.0 Å². The first-order valence-electron chi connectivity index (χ1n) is 6.01. The molecular formula is C11H21N3O2S2. The van der Waals surface area contributed by atoms with Crippen molar-refractivity contribution in [2.75, 3.05) is 13.1 Å². The summed E-state index contributed by atoms with van der Waals surface area (Å²) in [6, 6.07) is -0.280. The highest BCUT2D eigenvalue weighted by atomic mass is 32.2. The van der Waals surface area contributed by atoms with Gasteiger partial charge in [-0.15, -0.1) is 11.3 Å². The summed E-state index contributed by atoms with van der Waals surface area (Å²) in [5.74, 6) is 0. The molecule has 0 fully saturated rings. The highest BCUT2D eigenvalue weighted by molar-refractivity contribution is 7.90. The van der Waals surface area contributed by atoms with Gasteiger partial charge in [0.15, 0.2) is 0 Å². The molecule has 5 nitrogen and oxygen atoms in total. The first-order chi connectivity index (χ1) is 8.36. The first kappa shape index (κ1) is 15.6. The van der Waals surface area contributed by atoms with Gasteiger partial charge in [-0.05, 0) is 27.3 Å². The summed E-state index contributed by atoms with van der Waals surface area (Å²) in [5.41, 5.74) is 0. The lowest BCUT2D eigenvalue weighted by Crippen LogP contribution is -2.39. The Morgan fingerprint density at radius 1 is 1.44 bits per heavy atom. The molecular weight excluding hydrogens is 270 g/mol. The van der Waals surface area contributed by atoms with Crippen molar-refractivity contribution in [3.63, 3.8) is 0 Å². The van der Waals surface area contributed by atoms with E-state index in [0.29, 0.717) is 6.54 Å². The van der Waals surface area contributed by atoms with Gasteiger partial charge in [0.2, 0.25) is 10.0 Å². The summed E-state index contributed by atoms with van der Waals surface area (Å²) in [7, 11) is -3.32. The molecule has 0 aromatic carbocycles. The number of rotatable bonds is 7. The number of nitrogens with one attached hydrogen (secondary N) is 2. The molecule has 1 heterocycles. The van der Waals surface area contributed by atoms with Crippen LogP contribution in [-0.4, -0.2) is 31.7 Å². The molecule has 18 heavy (non-hydrogen) atoms. The maximum atomic E-state index is 12.1. The highest BCUT2D eigenvalue weighted by Crippen LogP contribution is 2.20. The fraction of sp³-hybridized carbons (Fsp3) is 0.727. The number of hydrogen-bond donors (Lipinski definition) is 2. The summed E-state index contributed by atoms with van der Waals surface area (Å²) in [6.07, 6.45) is 1.76. The van der Waals surface area contributed by atoms with Gasteiger partial charge < -0.3 is 5.32 Å². The van der Waals surface area contributed by atoms with Gasteiger partial charge in [0.1, 0.15) is 5.01 Å². The van der Waals surface area contributed by atoms with Crippen molar-refractivity contribution in [1.29, 1.82) is 0 Å². The highest BCUT2D eigenvalue weighted by Gasteiger charge is 2.23. The minimum absolute atomic E-state index is 0.280. The van der Waals surface area contributed by atoms with Crippen LogP contribution in [0.4, 0.5) is 0 Å². The van der Waals surface area contributed by atoms with Crippen molar-refractivity contribution in [1.82, 2.24) is 15.0 Å². The summed E-state index contributed by atoms with van der Waals surface area (Å²) in [6.45, 7) is 8.64. The molecule has 0 aliphatic carbocycles. The van der Waals surface area contributed by atoms with Crippen molar-refractivity contribution in [2.24, 2.45) is 0 Å². The molecule has 2 N–H and O–H groups in total. The van der Waals surface area contributed by atoms with Crippen LogP contribution in [0.3, 0.4) is 0 Å². The van der Waals surface area contributed by atoms with Gasteiger partial charge in [-0.25, -0.2) is 18.1 Å². The molecule has 0 aliphatic rings. The topological polar surface area (TPSA) is 71.1 Å². The van der Waals surface area contributed by atoms with Crippen LogP contribution >= 0.6 is 11.3 Å². The third-order valence-corrected chi connectivity index (χ3v) is 5.57. The van der Waals surface area contributed by atoms with Gasteiger partial charge in [-0.3, -0.25) is 0 Å². The molecule has 7 heteroatoms. The van der Waals surface area contributed by atoms with Gasteiger partial charge >= 0.3 is 0 Å². The third kappa shape index (κ3) is 4.31. The molecule has 2 unspecified atom stereocenters. The Labute approximate surface area is 113 Å². The Morgan fingerprint density at radius 3 is 2.61 bits per heavy atom. The van der Waals surface area contributed by atoms with E-state index >= 15 is 0 Å². The van der Waals surface area contributed by atoms with Crippen LogP contribution in [0.1, 0.15) is 36.7 Å². The van der Waals surface area contributed by atoms with Crippen LogP contribution in [0.5, 0.6) is 0 Å². The fourth-order valence-corrected chi connectivity index (χ4v) is 3.47. The molecule has 0 bridgehead atoms. The van der Waals surface area contributed by atoms with Crippen LogP contribution in [-0.2, 0) is 10.0 Å². The lowest BCUT2D eigenvalue weighted by atomic mass is 10.4. The van der Waals surface area contributed by atoms with Crippen molar-refractivity contribution < 1.29 is 8.42 Å². The van der Waals surface area contributed by atoms with E-state index in [4.69, 9.17) is 0 Å². The Hall–Kier alpha value is -0.500. The van der Waals surface area contributed by atoms with Crippen molar-refractivity contribution in [3.8, 4) is 0 Å². The SMILES string of the molecule is CCNCC(C)S(=O)(=O)NC(C)c1ncc(C)s1. The van der Waals surface area contributed by atoms with E-state index in [1.165, 1.54) is 11.3 Å². The Balaban J connectivity index is 2.65. The molecule has 0 saturated heterocycles. The molecule has 0 saturated carbocycles. The van der Waals surface area contributed by atoms with Crippen molar-refractivity contribution in [3.05, 3.63) is 16.1 Å². The second kappa shape index (κ2) is 6.60. The normalized spacial score (nSPS) is 15.6. The summed E-state index contributed by atoms with van der Waals surface area (Å²) >= 11 is 1.51. The van der Waals surface area contributed by atoms with Gasteiger partial charge in [-0.1, -0.05) is 6.92 Å². The van der Waals surface area contributed by atoms with Crippen LogP contribution in [0.2, 0.25) is 0 Å². The van der Waals surface area contributed by atoms with Gasteiger partial charge in [0.25, 0.3) is 0 Å². The Bertz CT molecular complexity index is 470. The standard InChI is InChI=1S/C11H21N3O2S2/c1-5-12-7-9(3)18(15,16)14-10(4)11-13-6-8(2)17-11/h6,9-10,12,14H,5,7H2,1-4H3. The number of nitrogens with zero attached hydrogens (tertiary/aromatic N) is 1. The maximum absolute atomic E-state index is 12.1. The average Bonchev–Trinajstić information content (AvgIpc) is 2.72. The third-order valence-electron chi connectivity index (χ3n) is 2.56. The number of thiazole rings is 1. The van der Waals surface area contributed by atoms with Gasteiger partial charge in [-0.2, -0.15) is 0 Å². The molecule has 0 aliphatic heterocycles. The van der Waals surface area contributed by atoms with Crippen LogP contribution in [0.15, 0.2) is 6.20 Å². The average molecular weight is 291 g/mol. The predicted molar refractivity (Wildman–Crippen MR) is 75.3 cm³/mol. The lowest BCUT2D eigenvalue weighted by Gasteiger charge is -2.17. The molecule has 1 aromatic heterocycles. The minimum atomic E-state index is -3.32. The van der Waals surface area contributed by atoms with E-state index in [0.717, 1.165) is 16.4 Å². The second-order valence-electron chi connectivity index (χ2n) is 4.31. The summed E-state index contributed by atoms with van der Waals surface area (Å²) < 4.78 is 26.8. The number of hydrogen-bond acceptors (Lipinski definition) is 5. The first-order valence-corrected chi connectivity index (χ1v) is 8.37. The molecule has 1 rings (SSSR count). The zero-order chi connectivity index (χ0) is 13.8. The zero-order valence-electron chi connectivity index (χ0n) is 11.2. The fourth-order valence-electron chi connectivity index (χ4n) is 1.44. The molecule has 0 radical (unpaired) electrons. The van der Waals surface area contributed by atoms with E-state index in [9.17, 15) is 8.42 Å². The van der Waals surface area contributed by atoms with Crippen molar-refractivity contribution >= 4 is 21.4 Å². The van der Waals surface area contributed by atoms with Crippen LogP contribution in [0, 0.1) is 6.92 Å². The molecule has 2 atom stereocenters. The Morgan fingerprint density at radius 2 is 2.11 bits per heavy atom. The second-order valence-corrected chi connectivity index (χ2v) is 7.71. The van der Waals surface area contributed by atoms with Crippen LogP contribution < -0.4 is 10.0 Å². The van der Waals surface area contributed by atoms with E-state index in [1.807, 2.05) is 20.8 Å². The van der Waals surface area contributed by atoms with E-state index in [-0.39, 0.29) is 6.04 Å². The summed E-state index contributed by atoms with van der Waals surface area (Å²) in [4.78, 5) is 5.28. The lowest BCUT2D eigenvalue weighted by molar-refractivity contribution is 0.546. The monoisotopic (exact) mass is 291 g/mol. The smallest absolute Gasteiger partial charge is 0.216 e. The molecule has 0 spiro atoms. The minimum Gasteiger partial charge on any atom is -0.316 e. The molecule has 104 valence electrons. The number of aromatic nitrogens is 1. The largest absolute Gasteiger partial charge is 0.316 e. The van der Waals surface area contributed by atoms with E-state index in [1.54, 1.807) is 13.1 Å². The summed E-state index contributed by atoms with van der Waals surface area (Å²) in [5, 5.41) is 3.38. The maximum Gasteiger partial charge on any atom is 0.216 e. The molecule has 1 aromatic rings. The molecule has 0 amide bonds. The predicted octanol–water partition coefficient (Wildman–Crippen LogP) is 1.43. The van der Waals surface area contributed by atoms with Gasteiger partial charge in [0, 0.05) is 17.6 Å². The number of sulfonamides is 1. The van der Waals surface area contributed by atoms with Crippen LogP contribution in [0.25, 0.3) is 0 Å². The Kier molecular flexibility index (Phi) is 5.71. The quantitative estimate of drug-likeness (QED) is 0.797. The van der Waals surface area contributed by atoms with E-state index < -0.39 is 15.3 Å². The van der Waals surface area contributed by atoms with Gasteiger partial charge in [0.05, 0.1) is 11.3 Å². The zero-order valence-corrected chi connectivity index (χ0v) is 12.9.